The standard InChI is InChI=1S/C17H20N2O/c1-12-8-14-9-19(11-17(14)20-12)10-15-7-6-13-4-2-3-5-16(13)18-15/h2-7,12,14,17H,8-11H2,1H3/t12-,14+,17-/m1/s1. The van der Waals surface area contributed by atoms with E-state index in [2.05, 4.69) is 48.2 Å². The third kappa shape index (κ3) is 2.21. The van der Waals surface area contributed by atoms with Gasteiger partial charge in [-0.05, 0) is 25.5 Å². The van der Waals surface area contributed by atoms with Crippen LogP contribution in [-0.4, -0.2) is 35.2 Å². The van der Waals surface area contributed by atoms with Gasteiger partial charge in [0.25, 0.3) is 0 Å². The molecule has 104 valence electrons. The lowest BCUT2D eigenvalue weighted by atomic mass is 10.0. The summed E-state index contributed by atoms with van der Waals surface area (Å²) in [5, 5.41) is 1.21. The van der Waals surface area contributed by atoms with E-state index in [4.69, 9.17) is 9.72 Å². The van der Waals surface area contributed by atoms with Gasteiger partial charge in [-0.15, -0.1) is 0 Å². The van der Waals surface area contributed by atoms with Crippen LogP contribution < -0.4 is 0 Å². The predicted octanol–water partition coefficient (Wildman–Crippen LogP) is 2.84. The molecule has 0 unspecified atom stereocenters. The van der Waals surface area contributed by atoms with Crippen LogP contribution in [0.15, 0.2) is 36.4 Å². The van der Waals surface area contributed by atoms with E-state index in [0.29, 0.717) is 12.2 Å². The molecule has 0 spiro atoms. The zero-order valence-corrected chi connectivity index (χ0v) is 11.8. The van der Waals surface area contributed by atoms with Gasteiger partial charge in [0.15, 0.2) is 0 Å². The zero-order valence-electron chi connectivity index (χ0n) is 11.8. The first kappa shape index (κ1) is 12.3. The number of nitrogens with zero attached hydrogens (tertiary/aromatic N) is 2. The van der Waals surface area contributed by atoms with Crippen LogP contribution in [0, 0.1) is 5.92 Å². The lowest BCUT2D eigenvalue weighted by molar-refractivity contribution is 0.0477. The van der Waals surface area contributed by atoms with Gasteiger partial charge in [0.05, 0.1) is 23.4 Å². The summed E-state index contributed by atoms with van der Waals surface area (Å²) in [4.78, 5) is 7.25. The Bertz CT molecular complexity index is 613. The van der Waals surface area contributed by atoms with Crippen LogP contribution in [0.5, 0.6) is 0 Å². The maximum atomic E-state index is 5.96. The Morgan fingerprint density at radius 3 is 3.00 bits per heavy atom. The maximum absolute atomic E-state index is 5.96. The summed E-state index contributed by atoms with van der Waals surface area (Å²) in [6.07, 6.45) is 2.11. The molecule has 0 radical (unpaired) electrons. The Balaban J connectivity index is 1.49. The summed E-state index contributed by atoms with van der Waals surface area (Å²) in [5.41, 5.74) is 2.26. The molecule has 4 rings (SSSR count). The summed E-state index contributed by atoms with van der Waals surface area (Å²) in [6, 6.07) is 12.6. The molecule has 1 aromatic carbocycles. The van der Waals surface area contributed by atoms with E-state index in [1.807, 2.05) is 0 Å². The summed E-state index contributed by atoms with van der Waals surface area (Å²) in [6.45, 7) is 5.34. The molecule has 2 fully saturated rings. The van der Waals surface area contributed by atoms with Crippen molar-refractivity contribution in [3.8, 4) is 0 Å². The fourth-order valence-corrected chi connectivity index (χ4v) is 3.64. The maximum Gasteiger partial charge on any atom is 0.0746 e. The van der Waals surface area contributed by atoms with E-state index in [-0.39, 0.29) is 0 Å². The minimum absolute atomic E-state index is 0.449. The number of para-hydroxylation sites is 1. The SMILES string of the molecule is C[C@@H]1C[C@H]2CN(Cc3ccc4ccccc4n3)C[C@H]2O1. The highest BCUT2D eigenvalue weighted by Crippen LogP contribution is 2.33. The monoisotopic (exact) mass is 268 g/mol. The third-order valence-electron chi connectivity index (χ3n) is 4.54. The lowest BCUT2D eigenvalue weighted by Gasteiger charge is -2.17. The Morgan fingerprint density at radius 2 is 2.10 bits per heavy atom. The first-order chi connectivity index (χ1) is 9.78. The van der Waals surface area contributed by atoms with Crippen molar-refractivity contribution >= 4 is 10.9 Å². The quantitative estimate of drug-likeness (QED) is 0.837. The van der Waals surface area contributed by atoms with Gasteiger partial charge in [-0.1, -0.05) is 24.3 Å². The number of rotatable bonds is 2. The molecule has 2 aliphatic heterocycles. The van der Waals surface area contributed by atoms with Gasteiger partial charge in [-0.2, -0.15) is 0 Å². The van der Waals surface area contributed by atoms with Crippen molar-refractivity contribution < 1.29 is 4.74 Å². The number of hydrogen-bond donors (Lipinski definition) is 0. The molecule has 2 aliphatic rings. The molecule has 0 amide bonds. The van der Waals surface area contributed by atoms with Crippen molar-refractivity contribution in [1.29, 1.82) is 0 Å². The van der Waals surface area contributed by atoms with E-state index in [0.717, 1.165) is 36.8 Å². The molecule has 3 heteroatoms. The first-order valence-corrected chi connectivity index (χ1v) is 7.50. The molecular formula is C17H20N2O. The molecule has 0 bridgehead atoms. The highest BCUT2D eigenvalue weighted by Gasteiger charge is 2.40. The highest BCUT2D eigenvalue weighted by molar-refractivity contribution is 5.78. The van der Waals surface area contributed by atoms with E-state index >= 15 is 0 Å². The van der Waals surface area contributed by atoms with Crippen LogP contribution in [0.25, 0.3) is 10.9 Å². The van der Waals surface area contributed by atoms with Crippen LogP contribution in [0.2, 0.25) is 0 Å². The normalized spacial score (nSPS) is 29.9. The minimum Gasteiger partial charge on any atom is -0.374 e. The molecule has 20 heavy (non-hydrogen) atoms. The summed E-state index contributed by atoms with van der Waals surface area (Å²) < 4.78 is 5.96. The Hall–Kier alpha value is -1.45. The number of benzene rings is 1. The molecule has 0 N–H and O–H groups in total. The summed E-state index contributed by atoms with van der Waals surface area (Å²) in [5.74, 6) is 0.727. The molecule has 2 aromatic rings. The molecular weight excluding hydrogens is 248 g/mol. The van der Waals surface area contributed by atoms with E-state index in [9.17, 15) is 0 Å². The third-order valence-corrected chi connectivity index (χ3v) is 4.54. The van der Waals surface area contributed by atoms with Gasteiger partial charge in [0.2, 0.25) is 0 Å². The van der Waals surface area contributed by atoms with E-state index in [1.165, 1.54) is 11.8 Å². The number of fused-ring (bicyclic) bond motifs is 2. The van der Waals surface area contributed by atoms with Crippen LogP contribution in [0.3, 0.4) is 0 Å². The molecule has 3 atom stereocenters. The zero-order chi connectivity index (χ0) is 13.5. The largest absolute Gasteiger partial charge is 0.374 e. The molecule has 0 aliphatic carbocycles. The molecule has 3 nitrogen and oxygen atoms in total. The minimum atomic E-state index is 0.449. The average molecular weight is 268 g/mol. The highest BCUT2D eigenvalue weighted by atomic mass is 16.5. The van der Waals surface area contributed by atoms with Crippen LogP contribution in [-0.2, 0) is 11.3 Å². The second kappa shape index (κ2) is 4.83. The van der Waals surface area contributed by atoms with Gasteiger partial charge in [0.1, 0.15) is 0 Å². The summed E-state index contributed by atoms with van der Waals surface area (Å²) >= 11 is 0. The second-order valence-electron chi connectivity index (χ2n) is 6.17. The number of hydrogen-bond acceptors (Lipinski definition) is 3. The molecule has 3 heterocycles. The Labute approximate surface area is 119 Å². The fraction of sp³-hybridized carbons (Fsp3) is 0.471. The number of aromatic nitrogens is 1. The predicted molar refractivity (Wildman–Crippen MR) is 79.5 cm³/mol. The smallest absolute Gasteiger partial charge is 0.0746 e. The lowest BCUT2D eigenvalue weighted by Crippen LogP contribution is -2.24. The van der Waals surface area contributed by atoms with Crippen LogP contribution in [0.1, 0.15) is 19.0 Å². The Morgan fingerprint density at radius 1 is 1.20 bits per heavy atom. The van der Waals surface area contributed by atoms with Gasteiger partial charge in [-0.25, -0.2) is 0 Å². The topological polar surface area (TPSA) is 25.4 Å². The van der Waals surface area contributed by atoms with E-state index < -0.39 is 0 Å². The van der Waals surface area contributed by atoms with Crippen molar-refractivity contribution in [1.82, 2.24) is 9.88 Å². The van der Waals surface area contributed by atoms with Crippen LogP contribution in [0.4, 0.5) is 0 Å². The van der Waals surface area contributed by atoms with Crippen molar-refractivity contribution in [3.63, 3.8) is 0 Å². The second-order valence-corrected chi connectivity index (χ2v) is 6.17. The number of pyridine rings is 1. The molecule has 2 saturated heterocycles. The van der Waals surface area contributed by atoms with Gasteiger partial charge in [-0.3, -0.25) is 9.88 Å². The number of ether oxygens (including phenoxy) is 1. The van der Waals surface area contributed by atoms with Gasteiger partial charge in [0, 0.05) is 30.9 Å². The van der Waals surface area contributed by atoms with Gasteiger partial charge >= 0.3 is 0 Å². The van der Waals surface area contributed by atoms with Crippen molar-refractivity contribution in [2.24, 2.45) is 5.92 Å². The van der Waals surface area contributed by atoms with Crippen molar-refractivity contribution in [3.05, 3.63) is 42.1 Å². The Kier molecular flexibility index (Phi) is 2.97. The summed E-state index contributed by atoms with van der Waals surface area (Å²) in [7, 11) is 0. The van der Waals surface area contributed by atoms with Gasteiger partial charge < -0.3 is 4.74 Å². The number of likely N-dealkylation sites (tertiary alicyclic amines) is 1. The molecule has 0 saturated carbocycles. The average Bonchev–Trinajstić information content (AvgIpc) is 2.95. The van der Waals surface area contributed by atoms with Crippen LogP contribution >= 0.6 is 0 Å². The van der Waals surface area contributed by atoms with Crippen molar-refractivity contribution in [2.45, 2.75) is 32.1 Å². The molecule has 1 aromatic heterocycles. The van der Waals surface area contributed by atoms with E-state index in [1.54, 1.807) is 0 Å². The fourth-order valence-electron chi connectivity index (χ4n) is 3.64. The van der Waals surface area contributed by atoms with Crippen molar-refractivity contribution in [2.75, 3.05) is 13.1 Å². The first-order valence-electron chi connectivity index (χ1n) is 7.50.